The number of rotatable bonds is 6. The number of morpholine rings is 1. The Bertz CT molecular complexity index is 1540. The summed E-state index contributed by atoms with van der Waals surface area (Å²) in [5, 5.41) is 3.60. The second-order valence-corrected chi connectivity index (χ2v) is 11.3. The number of nitrogens with one attached hydrogen (secondary N) is 1. The number of pyridine rings is 2. The number of halogens is 2. The van der Waals surface area contributed by atoms with Crippen LogP contribution in [0.4, 0.5) is 31.7 Å². The first kappa shape index (κ1) is 26.5. The first-order chi connectivity index (χ1) is 19.5. The molecule has 1 atom stereocenters. The van der Waals surface area contributed by atoms with Crippen LogP contribution in [0, 0.1) is 18.6 Å². The quantitative estimate of drug-likeness (QED) is 0.366. The van der Waals surface area contributed by atoms with E-state index in [-0.39, 0.29) is 10.9 Å². The van der Waals surface area contributed by atoms with Crippen molar-refractivity contribution in [2.45, 2.75) is 11.8 Å². The first-order valence-corrected chi connectivity index (χ1v) is 14.4. The Labute approximate surface area is 234 Å². The van der Waals surface area contributed by atoms with Gasteiger partial charge < -0.3 is 19.9 Å². The molecule has 8 nitrogen and oxygen atoms in total. The van der Waals surface area contributed by atoms with Crippen molar-refractivity contribution < 1.29 is 17.7 Å². The van der Waals surface area contributed by atoms with Gasteiger partial charge in [-0.05, 0) is 25.1 Å². The maximum absolute atomic E-state index is 15.2. The molecule has 0 spiro atoms. The Morgan fingerprint density at radius 1 is 0.925 bits per heavy atom. The van der Waals surface area contributed by atoms with Crippen molar-refractivity contribution in [3.63, 3.8) is 0 Å². The Kier molecular flexibility index (Phi) is 7.59. The normalized spacial score (nSPS) is 17.3. The van der Waals surface area contributed by atoms with Crippen molar-refractivity contribution in [2.24, 2.45) is 0 Å². The van der Waals surface area contributed by atoms with E-state index in [1.54, 1.807) is 12.4 Å². The van der Waals surface area contributed by atoms with Crippen LogP contribution in [0.25, 0.3) is 10.9 Å². The molecule has 1 unspecified atom stereocenters. The van der Waals surface area contributed by atoms with Crippen LogP contribution in [0.1, 0.15) is 5.56 Å². The zero-order valence-electron chi connectivity index (χ0n) is 22.1. The molecule has 2 aliphatic rings. The third-order valence-corrected chi connectivity index (χ3v) is 8.82. The summed E-state index contributed by atoms with van der Waals surface area (Å²) in [6.07, 6.45) is 3.49. The van der Waals surface area contributed by atoms with Gasteiger partial charge in [-0.25, -0.2) is 22.3 Å². The molecule has 11 heteroatoms. The smallest absolute Gasteiger partial charge is 0.137 e. The summed E-state index contributed by atoms with van der Waals surface area (Å²) in [6, 6.07) is 13.5. The Morgan fingerprint density at radius 3 is 2.42 bits per heavy atom. The third-order valence-electron chi connectivity index (χ3n) is 7.31. The highest BCUT2D eigenvalue weighted by atomic mass is 32.2. The van der Waals surface area contributed by atoms with Crippen molar-refractivity contribution in [3.05, 3.63) is 78.1 Å². The molecule has 6 rings (SSSR count). The number of ether oxygens (including phenoxy) is 1. The molecule has 2 aromatic carbocycles. The summed E-state index contributed by atoms with van der Waals surface area (Å²) in [5.74, 6) is -0.722. The number of hydrogen-bond donors (Lipinski definition) is 1. The standard InChI is InChI=1S/C29H30F2N6O2S/c1-20-28(33-22-17-23(19-32-18-22)35-11-13-39-14-12-35)27-25(31)15-21(30)16-26(27)34-29(20)36-7-9-37(10-8-36)40(38)24-5-3-2-4-6-24/h2-6,15-19H,7-14H2,1H3,(H,33,34). The van der Waals surface area contributed by atoms with Gasteiger partial charge in [0, 0.05) is 57.0 Å². The molecule has 4 heterocycles. The van der Waals surface area contributed by atoms with E-state index in [0.29, 0.717) is 56.6 Å². The molecule has 0 radical (unpaired) electrons. The zero-order valence-corrected chi connectivity index (χ0v) is 23.0. The second kappa shape index (κ2) is 11.4. The van der Waals surface area contributed by atoms with Gasteiger partial charge in [-0.15, -0.1) is 0 Å². The second-order valence-electron chi connectivity index (χ2n) is 9.85. The monoisotopic (exact) mass is 564 g/mol. The maximum Gasteiger partial charge on any atom is 0.137 e. The maximum atomic E-state index is 15.2. The number of hydrogen-bond acceptors (Lipinski definition) is 7. The average molecular weight is 565 g/mol. The minimum atomic E-state index is -1.25. The number of piperazine rings is 1. The molecule has 2 fully saturated rings. The molecule has 0 saturated carbocycles. The lowest BCUT2D eigenvalue weighted by Gasteiger charge is -2.35. The number of aromatic nitrogens is 2. The van der Waals surface area contributed by atoms with Crippen LogP contribution in [0.2, 0.25) is 0 Å². The lowest BCUT2D eigenvalue weighted by atomic mass is 10.1. The number of nitrogens with zero attached hydrogens (tertiary/aromatic N) is 5. The molecule has 1 N–H and O–H groups in total. The molecule has 2 aliphatic heterocycles. The van der Waals surface area contributed by atoms with Crippen LogP contribution in [-0.4, -0.2) is 71.0 Å². The van der Waals surface area contributed by atoms with Gasteiger partial charge in [0.2, 0.25) is 0 Å². The minimum absolute atomic E-state index is 0.225. The number of anilines is 4. The van der Waals surface area contributed by atoms with Crippen LogP contribution in [0.15, 0.2) is 65.8 Å². The Balaban J connectivity index is 1.31. The molecule has 2 saturated heterocycles. The predicted octanol–water partition coefficient (Wildman–Crippen LogP) is 4.64. The summed E-state index contributed by atoms with van der Waals surface area (Å²) < 4.78 is 50.0. The fourth-order valence-electron chi connectivity index (χ4n) is 5.24. The molecule has 0 amide bonds. The van der Waals surface area contributed by atoms with Gasteiger partial charge in [0.05, 0.1) is 58.5 Å². The van der Waals surface area contributed by atoms with Gasteiger partial charge >= 0.3 is 0 Å². The van der Waals surface area contributed by atoms with Crippen molar-refractivity contribution in [1.29, 1.82) is 0 Å². The van der Waals surface area contributed by atoms with Crippen molar-refractivity contribution in [1.82, 2.24) is 14.3 Å². The largest absolute Gasteiger partial charge is 0.378 e. The summed E-state index contributed by atoms with van der Waals surface area (Å²) >= 11 is 0. The highest BCUT2D eigenvalue weighted by Gasteiger charge is 2.26. The van der Waals surface area contributed by atoms with Crippen LogP contribution in [0.5, 0.6) is 0 Å². The average Bonchev–Trinajstić information content (AvgIpc) is 2.99. The summed E-state index contributed by atoms with van der Waals surface area (Å²) in [4.78, 5) is 14.2. The number of benzene rings is 2. The van der Waals surface area contributed by atoms with E-state index in [9.17, 15) is 8.60 Å². The highest BCUT2D eigenvalue weighted by Crippen LogP contribution is 2.37. The van der Waals surface area contributed by atoms with Gasteiger partial charge in [-0.2, -0.15) is 0 Å². The van der Waals surface area contributed by atoms with Crippen molar-refractivity contribution in [3.8, 4) is 0 Å². The third kappa shape index (κ3) is 5.36. The van der Waals surface area contributed by atoms with E-state index in [1.807, 2.05) is 47.6 Å². The Hall–Kier alpha value is -3.67. The SMILES string of the molecule is Cc1c(N2CCN(S(=O)c3ccccc3)CC2)nc2cc(F)cc(F)c2c1Nc1cncc(N2CCOCC2)c1. The summed E-state index contributed by atoms with van der Waals surface area (Å²) in [5.41, 5.74) is 3.13. The zero-order chi connectivity index (χ0) is 27.6. The molecule has 0 bridgehead atoms. The van der Waals surface area contributed by atoms with Crippen LogP contribution in [0.3, 0.4) is 0 Å². The molecule has 4 aromatic rings. The van der Waals surface area contributed by atoms with Crippen molar-refractivity contribution in [2.75, 3.05) is 67.6 Å². The van der Waals surface area contributed by atoms with E-state index >= 15 is 4.39 Å². The topological polar surface area (TPSA) is 73.8 Å². The molecule has 40 heavy (non-hydrogen) atoms. The van der Waals surface area contributed by atoms with Gasteiger partial charge in [0.25, 0.3) is 0 Å². The predicted molar refractivity (Wildman–Crippen MR) is 154 cm³/mol. The van der Waals surface area contributed by atoms with E-state index in [1.165, 1.54) is 6.07 Å². The molecule has 2 aromatic heterocycles. The van der Waals surface area contributed by atoms with Gasteiger partial charge in [0.15, 0.2) is 0 Å². The Morgan fingerprint density at radius 2 is 1.68 bits per heavy atom. The van der Waals surface area contributed by atoms with E-state index in [0.717, 1.165) is 35.3 Å². The fraction of sp³-hybridized carbons (Fsp3) is 0.310. The molecule has 208 valence electrons. The summed E-state index contributed by atoms with van der Waals surface area (Å²) in [7, 11) is -1.25. The molecular weight excluding hydrogens is 534 g/mol. The summed E-state index contributed by atoms with van der Waals surface area (Å²) in [6.45, 7) is 6.99. The fourth-order valence-corrected chi connectivity index (χ4v) is 6.43. The highest BCUT2D eigenvalue weighted by molar-refractivity contribution is 7.82. The lowest BCUT2D eigenvalue weighted by Crippen LogP contribution is -2.47. The van der Waals surface area contributed by atoms with Crippen LogP contribution < -0.4 is 15.1 Å². The van der Waals surface area contributed by atoms with Crippen LogP contribution >= 0.6 is 0 Å². The van der Waals surface area contributed by atoms with Crippen LogP contribution in [-0.2, 0) is 15.7 Å². The molecule has 0 aliphatic carbocycles. The molecular formula is C29H30F2N6O2S. The van der Waals surface area contributed by atoms with Gasteiger partial charge in [-0.1, -0.05) is 18.2 Å². The number of fused-ring (bicyclic) bond motifs is 1. The van der Waals surface area contributed by atoms with E-state index < -0.39 is 22.6 Å². The van der Waals surface area contributed by atoms with E-state index in [2.05, 4.69) is 20.1 Å². The van der Waals surface area contributed by atoms with Gasteiger partial charge in [0.1, 0.15) is 28.4 Å². The lowest BCUT2D eigenvalue weighted by molar-refractivity contribution is 0.122. The van der Waals surface area contributed by atoms with Crippen molar-refractivity contribution >= 4 is 44.8 Å². The van der Waals surface area contributed by atoms with E-state index in [4.69, 9.17) is 9.72 Å². The first-order valence-electron chi connectivity index (χ1n) is 13.3. The van der Waals surface area contributed by atoms with Gasteiger partial charge in [-0.3, -0.25) is 4.98 Å². The minimum Gasteiger partial charge on any atom is -0.378 e.